The fraction of sp³-hybridized carbons (Fsp3) is 0.478. The molecule has 0 unspecified atom stereocenters. The summed E-state index contributed by atoms with van der Waals surface area (Å²) in [6, 6.07) is 9.24. The first-order valence-electron chi connectivity index (χ1n) is 10.5. The van der Waals surface area contributed by atoms with Crippen molar-refractivity contribution in [2.45, 2.75) is 57.7 Å². The normalized spacial score (nSPS) is 24.3. The number of carbonyl (C=O) groups excluding carboxylic acids is 1. The third-order valence-electron chi connectivity index (χ3n) is 6.31. The van der Waals surface area contributed by atoms with Crippen LogP contribution in [0.1, 0.15) is 56.2 Å². The van der Waals surface area contributed by atoms with Gasteiger partial charge in [-0.15, -0.1) is 0 Å². The maximum Gasteiger partial charge on any atom is 0.407 e. The summed E-state index contributed by atoms with van der Waals surface area (Å²) in [5.41, 5.74) is 2.06. The molecule has 1 aliphatic carbocycles. The van der Waals surface area contributed by atoms with Gasteiger partial charge in [0.1, 0.15) is 12.4 Å². The molecule has 4 rings (SSSR count). The Morgan fingerprint density at radius 3 is 2.72 bits per heavy atom. The molecule has 0 bridgehead atoms. The predicted octanol–water partition coefficient (Wildman–Crippen LogP) is 5.20. The molecule has 154 valence electrons. The van der Waals surface area contributed by atoms with E-state index in [1.165, 1.54) is 25.5 Å². The summed E-state index contributed by atoms with van der Waals surface area (Å²) >= 11 is 0. The van der Waals surface area contributed by atoms with Crippen LogP contribution in [0, 0.1) is 17.7 Å². The van der Waals surface area contributed by atoms with Crippen molar-refractivity contribution in [1.29, 1.82) is 0 Å². The largest absolute Gasteiger partial charge is 0.445 e. The minimum Gasteiger partial charge on any atom is -0.445 e. The smallest absolute Gasteiger partial charge is 0.407 e. The van der Waals surface area contributed by atoms with E-state index >= 15 is 0 Å². The van der Waals surface area contributed by atoms with Crippen molar-refractivity contribution in [2.75, 3.05) is 5.32 Å². The molecular weight excluding hydrogens is 369 g/mol. The average molecular weight is 397 g/mol. The molecule has 6 heteroatoms. The Balaban J connectivity index is 1.52. The average Bonchev–Trinajstić information content (AvgIpc) is 2.75. The van der Waals surface area contributed by atoms with Gasteiger partial charge in [0.2, 0.25) is 0 Å². The predicted molar refractivity (Wildman–Crippen MR) is 110 cm³/mol. The van der Waals surface area contributed by atoms with Gasteiger partial charge < -0.3 is 15.4 Å². The van der Waals surface area contributed by atoms with E-state index in [4.69, 9.17) is 4.74 Å². The number of carbonyl (C=O) groups is 1. The van der Waals surface area contributed by atoms with Crippen LogP contribution in [0.3, 0.4) is 0 Å². The lowest BCUT2D eigenvalue weighted by Crippen LogP contribution is -2.48. The molecule has 2 heterocycles. The number of anilines is 1. The second-order valence-corrected chi connectivity index (χ2v) is 8.19. The number of hydrogen-bond donors (Lipinski definition) is 2. The Morgan fingerprint density at radius 1 is 1.21 bits per heavy atom. The van der Waals surface area contributed by atoms with E-state index in [2.05, 4.69) is 22.5 Å². The van der Waals surface area contributed by atoms with Crippen LogP contribution in [-0.4, -0.2) is 17.1 Å². The maximum atomic E-state index is 14.7. The summed E-state index contributed by atoms with van der Waals surface area (Å²) in [4.78, 5) is 16.6. The van der Waals surface area contributed by atoms with Crippen LogP contribution in [0.2, 0.25) is 0 Å². The Bertz CT molecular complexity index is 839. The van der Waals surface area contributed by atoms with Gasteiger partial charge in [0.15, 0.2) is 0 Å². The van der Waals surface area contributed by atoms with Crippen molar-refractivity contribution < 1.29 is 13.9 Å². The number of hydrogen-bond acceptors (Lipinski definition) is 4. The topological polar surface area (TPSA) is 63.2 Å². The first-order chi connectivity index (χ1) is 14.1. The fourth-order valence-electron chi connectivity index (χ4n) is 4.79. The van der Waals surface area contributed by atoms with Crippen molar-refractivity contribution in [3.05, 3.63) is 59.7 Å². The molecule has 1 aromatic carbocycles. The van der Waals surface area contributed by atoms with Crippen LogP contribution in [-0.2, 0) is 11.3 Å². The van der Waals surface area contributed by atoms with E-state index in [0.29, 0.717) is 17.2 Å². The second-order valence-electron chi connectivity index (χ2n) is 8.19. The molecular formula is C23H28FN3O2. The molecule has 1 aromatic heterocycles. The zero-order valence-corrected chi connectivity index (χ0v) is 16.7. The quantitative estimate of drug-likeness (QED) is 0.744. The number of halogens is 1. The van der Waals surface area contributed by atoms with Crippen LogP contribution in [0.15, 0.2) is 42.7 Å². The fourth-order valence-corrected chi connectivity index (χ4v) is 4.79. The Kier molecular flexibility index (Phi) is 5.97. The lowest BCUT2D eigenvalue weighted by molar-refractivity contribution is 0.127. The number of alkyl carbamates (subject to hydrolysis) is 1. The molecule has 0 saturated heterocycles. The van der Waals surface area contributed by atoms with Gasteiger partial charge in [-0.05, 0) is 24.3 Å². The SMILES string of the molecule is C[C@@H]1[C@@H](NC(=O)OCc2ccccc2)c2c(F)cncc2N[C@H]1C1CCCCC1. The van der Waals surface area contributed by atoms with Crippen molar-refractivity contribution in [3.63, 3.8) is 0 Å². The van der Waals surface area contributed by atoms with Gasteiger partial charge in [-0.25, -0.2) is 9.18 Å². The molecule has 2 N–H and O–H groups in total. The number of aromatic nitrogens is 1. The number of benzene rings is 1. The highest BCUT2D eigenvalue weighted by atomic mass is 19.1. The van der Waals surface area contributed by atoms with Gasteiger partial charge in [-0.1, -0.05) is 56.5 Å². The molecule has 2 aliphatic rings. The van der Waals surface area contributed by atoms with Crippen LogP contribution in [0.5, 0.6) is 0 Å². The first kappa shape index (κ1) is 19.7. The number of pyridine rings is 1. The summed E-state index contributed by atoms with van der Waals surface area (Å²) < 4.78 is 20.1. The number of ether oxygens (including phenoxy) is 1. The molecule has 1 amide bonds. The van der Waals surface area contributed by atoms with E-state index in [0.717, 1.165) is 18.4 Å². The van der Waals surface area contributed by atoms with Gasteiger partial charge in [0.25, 0.3) is 0 Å². The Hall–Kier alpha value is -2.63. The molecule has 0 spiro atoms. The third-order valence-corrected chi connectivity index (χ3v) is 6.31. The monoisotopic (exact) mass is 397 g/mol. The van der Waals surface area contributed by atoms with Crippen molar-refractivity contribution in [1.82, 2.24) is 10.3 Å². The lowest BCUT2D eigenvalue weighted by Gasteiger charge is -2.43. The second kappa shape index (κ2) is 8.80. The number of fused-ring (bicyclic) bond motifs is 1. The highest BCUT2D eigenvalue weighted by molar-refractivity contribution is 5.69. The summed E-state index contributed by atoms with van der Waals surface area (Å²) in [7, 11) is 0. The molecule has 1 saturated carbocycles. The Morgan fingerprint density at radius 2 is 1.97 bits per heavy atom. The molecule has 0 radical (unpaired) electrons. The highest BCUT2D eigenvalue weighted by Crippen LogP contribution is 2.42. The van der Waals surface area contributed by atoms with Crippen LogP contribution < -0.4 is 10.6 Å². The van der Waals surface area contributed by atoms with Gasteiger partial charge >= 0.3 is 6.09 Å². The minimum absolute atomic E-state index is 0.0341. The number of rotatable bonds is 4. The summed E-state index contributed by atoms with van der Waals surface area (Å²) in [6.45, 7) is 2.26. The van der Waals surface area contributed by atoms with E-state index in [9.17, 15) is 9.18 Å². The van der Waals surface area contributed by atoms with Gasteiger partial charge in [0.05, 0.1) is 24.1 Å². The summed E-state index contributed by atoms with van der Waals surface area (Å²) in [6.07, 6.45) is 8.37. The number of amides is 1. The van der Waals surface area contributed by atoms with E-state index in [-0.39, 0.29) is 18.6 Å². The van der Waals surface area contributed by atoms with Crippen LogP contribution in [0.25, 0.3) is 0 Å². The number of nitrogens with zero attached hydrogens (tertiary/aromatic N) is 1. The standard InChI is InChI=1S/C23H28FN3O2/c1-15-21(17-10-6-3-7-11-17)26-19-13-25-12-18(24)20(19)22(15)27-23(28)29-14-16-8-4-2-5-9-16/h2,4-5,8-9,12-13,15,17,21-22,26H,3,6-7,10-11,14H2,1H3,(H,27,28)/t15-,21+,22+/m0/s1. The van der Waals surface area contributed by atoms with Gasteiger partial charge in [-0.2, -0.15) is 0 Å². The molecule has 2 aromatic rings. The molecule has 3 atom stereocenters. The van der Waals surface area contributed by atoms with Gasteiger partial charge in [0, 0.05) is 17.5 Å². The van der Waals surface area contributed by atoms with Crippen LogP contribution >= 0.6 is 0 Å². The highest BCUT2D eigenvalue weighted by Gasteiger charge is 2.40. The zero-order chi connectivity index (χ0) is 20.2. The van der Waals surface area contributed by atoms with E-state index in [1.54, 1.807) is 6.20 Å². The summed E-state index contributed by atoms with van der Waals surface area (Å²) in [5, 5.41) is 6.46. The zero-order valence-electron chi connectivity index (χ0n) is 16.7. The Labute approximate surface area is 171 Å². The molecule has 1 aliphatic heterocycles. The van der Waals surface area contributed by atoms with E-state index in [1.807, 2.05) is 30.3 Å². The van der Waals surface area contributed by atoms with Crippen molar-refractivity contribution in [2.24, 2.45) is 11.8 Å². The molecule has 29 heavy (non-hydrogen) atoms. The number of nitrogens with one attached hydrogen (secondary N) is 2. The first-order valence-corrected chi connectivity index (χ1v) is 10.5. The minimum atomic E-state index is -0.530. The molecule has 5 nitrogen and oxygen atoms in total. The van der Waals surface area contributed by atoms with E-state index < -0.39 is 18.0 Å². The summed E-state index contributed by atoms with van der Waals surface area (Å²) in [5.74, 6) is 0.142. The van der Waals surface area contributed by atoms with Crippen LogP contribution in [0.4, 0.5) is 14.9 Å². The molecule has 1 fully saturated rings. The maximum absolute atomic E-state index is 14.7. The third kappa shape index (κ3) is 4.36. The van der Waals surface area contributed by atoms with Crippen molar-refractivity contribution in [3.8, 4) is 0 Å². The lowest BCUT2D eigenvalue weighted by atomic mass is 9.73. The van der Waals surface area contributed by atoms with Crippen molar-refractivity contribution >= 4 is 11.8 Å². The van der Waals surface area contributed by atoms with Gasteiger partial charge in [-0.3, -0.25) is 4.98 Å².